The van der Waals surface area contributed by atoms with Gasteiger partial charge in [0.05, 0.1) is 0 Å². The van der Waals surface area contributed by atoms with Crippen LogP contribution in [0.25, 0.3) is 0 Å². The second-order valence-corrected chi connectivity index (χ2v) is 12.1. The monoisotopic (exact) mass is 814 g/mol. The van der Waals surface area contributed by atoms with Crippen LogP contribution in [0.1, 0.15) is 86.5 Å². The Morgan fingerprint density at radius 1 is 0.471 bits per heavy atom. The van der Waals surface area contributed by atoms with Gasteiger partial charge < -0.3 is 50.8 Å². The van der Waals surface area contributed by atoms with Crippen molar-refractivity contribution >= 4 is 0 Å². The summed E-state index contributed by atoms with van der Waals surface area (Å²) < 4.78 is 0. The molecule has 0 spiro atoms. The zero-order valence-corrected chi connectivity index (χ0v) is 32.7. The van der Waals surface area contributed by atoms with E-state index < -0.39 is 11.2 Å². The third-order valence-corrected chi connectivity index (χ3v) is 8.57. The summed E-state index contributed by atoms with van der Waals surface area (Å²) in [6.45, 7) is 0.520. The van der Waals surface area contributed by atoms with E-state index in [4.69, 9.17) is 10.2 Å². The topological polar surface area (TPSA) is 80.9 Å². The van der Waals surface area contributed by atoms with Crippen molar-refractivity contribution in [2.45, 2.75) is 75.4 Å². The van der Waals surface area contributed by atoms with E-state index >= 15 is 0 Å². The van der Waals surface area contributed by atoms with Crippen molar-refractivity contribution in [3.05, 3.63) is 180 Å². The normalized spacial score (nSPS) is 11.4. The van der Waals surface area contributed by atoms with E-state index in [2.05, 4.69) is 0 Å². The van der Waals surface area contributed by atoms with Crippen LogP contribution in [0.5, 0.6) is 0 Å². The van der Waals surface area contributed by atoms with Crippen molar-refractivity contribution < 1.29 is 71.6 Å². The molecule has 0 aliphatic heterocycles. The first-order valence-electron chi connectivity index (χ1n) is 17.4. The van der Waals surface area contributed by atoms with Crippen molar-refractivity contribution in [1.82, 2.24) is 0 Å². The maximum absolute atomic E-state index is 11.0. The average Bonchev–Trinajstić information content (AvgIpc) is 3.99. The first-order chi connectivity index (χ1) is 23.5. The molecule has 7 heteroatoms. The van der Waals surface area contributed by atoms with E-state index in [0.29, 0.717) is 0 Å². The van der Waals surface area contributed by atoms with Gasteiger partial charge in [0, 0.05) is 75.6 Å². The van der Waals surface area contributed by atoms with Gasteiger partial charge in [0.1, 0.15) is 0 Å². The van der Waals surface area contributed by atoms with Gasteiger partial charge in [-0.05, 0) is 25.7 Å². The quantitative estimate of drug-likeness (QED) is 0.0446. The molecule has 0 aromatic heterocycles. The predicted molar refractivity (Wildman–Crippen MR) is 199 cm³/mol. The van der Waals surface area contributed by atoms with Gasteiger partial charge >= 0.3 is 0 Å². The van der Waals surface area contributed by atoms with Gasteiger partial charge in [0.25, 0.3) is 0 Å². The van der Waals surface area contributed by atoms with Gasteiger partial charge in [-0.2, -0.15) is 78.4 Å². The van der Waals surface area contributed by atoms with Crippen LogP contribution in [-0.4, -0.2) is 33.6 Å². The molecular weight excluding hydrogens is 760 g/mol. The number of aliphatic hydroxyl groups excluding tert-OH is 2. The zero-order chi connectivity index (χ0) is 34.2. The number of rotatable bonds is 16. The summed E-state index contributed by atoms with van der Waals surface area (Å²) in [6, 6.07) is 51.6. The smallest absolute Gasteiger partial charge is 0.0431 e. The summed E-state index contributed by atoms with van der Waals surface area (Å²) >= 11 is 0. The van der Waals surface area contributed by atoms with Crippen LogP contribution in [0.3, 0.4) is 0 Å². The van der Waals surface area contributed by atoms with Crippen LogP contribution in [0.15, 0.2) is 158 Å². The minimum absolute atomic E-state index is 0. The Hall–Kier alpha value is -2.50. The molecule has 0 unspecified atom stereocenters. The maximum Gasteiger partial charge on any atom is 0.0431 e. The molecule has 0 aliphatic rings. The van der Waals surface area contributed by atoms with Crippen molar-refractivity contribution in [2.24, 2.45) is 0 Å². The Bertz CT molecular complexity index is 1230. The van der Waals surface area contributed by atoms with E-state index in [1.807, 2.05) is 158 Å². The maximum atomic E-state index is 11.0. The first-order valence-corrected chi connectivity index (χ1v) is 17.4. The average molecular weight is 814 g/mol. The van der Waals surface area contributed by atoms with E-state index in [1.165, 1.54) is 0 Å². The summed E-state index contributed by atoms with van der Waals surface area (Å²) in [6.07, 6.45) is 9.23. The van der Waals surface area contributed by atoms with Gasteiger partial charge in [-0.15, -0.1) is 16.7 Å². The number of aliphatic hydroxyl groups is 4. The van der Waals surface area contributed by atoms with Gasteiger partial charge in [-0.1, -0.05) is 38.5 Å². The third-order valence-electron chi connectivity index (χ3n) is 8.57. The largest absolute Gasteiger partial charge is 0.748 e. The molecule has 6 aromatic carbocycles. The molecule has 0 amide bonds. The molecule has 0 heterocycles. The van der Waals surface area contributed by atoms with Crippen LogP contribution in [0.2, 0.25) is 0 Å². The van der Waals surface area contributed by atoms with Gasteiger partial charge in [0.2, 0.25) is 0 Å². The van der Waals surface area contributed by atoms with Crippen molar-refractivity contribution in [2.75, 3.05) is 13.2 Å². The number of hydrogen-bond donors (Lipinski definition) is 4. The Morgan fingerprint density at radius 3 is 1.25 bits per heavy atom. The van der Waals surface area contributed by atoms with E-state index in [-0.39, 0.29) is 64.4 Å². The SMILES string of the molecule is OCCCCCCC(O)([c-]1cccc1)[c-]1cccc1.OCCCCCCC(O)(c1cc[cH-]c1)[c-]1cccc1.[Fe].[Fe].[Fe].[cH-]1[cH-][cH-][cH-][cH-]1.c1cc[cH-]c1. The Morgan fingerprint density at radius 2 is 0.882 bits per heavy atom. The van der Waals surface area contributed by atoms with Gasteiger partial charge in [0.15, 0.2) is 0 Å². The standard InChI is InChI=1S/2C17H22O2.2C5H5.3Fe/c2*18-14-8-2-1-7-13-17(19,15-9-3-4-10-15)16-11-5-6-12-16;2*1-2-4-5-3-1;;;/h2*3-6,9-12,18-19H,1-2,7-8,13-14H2;2*1-5H;;;/q2*-2;-5;-1;;;. The van der Waals surface area contributed by atoms with Gasteiger partial charge in [-0.3, -0.25) is 0 Å². The number of unbranched alkanes of at least 4 members (excludes halogenated alkanes) is 6. The molecule has 0 fully saturated rings. The molecule has 0 saturated heterocycles. The second kappa shape index (κ2) is 29.0. The molecule has 6 aromatic rings. The summed E-state index contributed by atoms with van der Waals surface area (Å²) in [5, 5.41) is 39.6. The van der Waals surface area contributed by atoms with E-state index in [0.717, 1.165) is 86.5 Å². The zero-order valence-electron chi connectivity index (χ0n) is 29.3. The Kier molecular flexibility index (Phi) is 27.6. The molecule has 0 atom stereocenters. The summed E-state index contributed by atoms with van der Waals surface area (Å²) in [7, 11) is 0. The van der Waals surface area contributed by atoms with Crippen molar-refractivity contribution in [3.63, 3.8) is 0 Å². The van der Waals surface area contributed by atoms with Crippen molar-refractivity contribution in [1.29, 1.82) is 0 Å². The van der Waals surface area contributed by atoms with Crippen LogP contribution in [-0.2, 0) is 62.4 Å². The van der Waals surface area contributed by atoms with E-state index in [1.54, 1.807) is 0 Å². The van der Waals surface area contributed by atoms with Crippen LogP contribution >= 0.6 is 0 Å². The number of hydrogen-bond acceptors (Lipinski definition) is 4. The molecule has 0 bridgehead atoms. The molecule has 0 radical (unpaired) electrons. The predicted octanol–water partition coefficient (Wildman–Crippen LogP) is 9.41. The third kappa shape index (κ3) is 17.3. The fourth-order valence-corrected chi connectivity index (χ4v) is 5.84. The minimum atomic E-state index is -0.869. The summed E-state index contributed by atoms with van der Waals surface area (Å²) in [5.41, 5.74) is 2.15. The van der Waals surface area contributed by atoms with Crippen LogP contribution in [0, 0.1) is 0 Å². The summed E-state index contributed by atoms with van der Waals surface area (Å²) in [5.74, 6) is 0. The first kappa shape index (κ1) is 48.5. The molecule has 288 valence electrons. The van der Waals surface area contributed by atoms with Crippen LogP contribution in [0.4, 0.5) is 0 Å². The van der Waals surface area contributed by atoms with Crippen molar-refractivity contribution in [3.8, 4) is 0 Å². The molecule has 51 heavy (non-hydrogen) atoms. The van der Waals surface area contributed by atoms with Gasteiger partial charge in [-0.25, -0.2) is 54.6 Å². The molecule has 4 N–H and O–H groups in total. The Labute approximate surface area is 338 Å². The molecule has 0 saturated carbocycles. The van der Waals surface area contributed by atoms with Crippen LogP contribution < -0.4 is 0 Å². The molecule has 6 rings (SSSR count). The molecular formula is C44H54Fe3O4-10. The molecule has 4 nitrogen and oxygen atoms in total. The second-order valence-electron chi connectivity index (χ2n) is 12.1. The fourth-order valence-electron chi connectivity index (χ4n) is 5.84. The molecule has 0 aliphatic carbocycles. The minimum Gasteiger partial charge on any atom is -0.748 e. The van der Waals surface area contributed by atoms with E-state index in [9.17, 15) is 10.2 Å². The Balaban J connectivity index is 0.000000734. The summed E-state index contributed by atoms with van der Waals surface area (Å²) in [4.78, 5) is 0. The fraction of sp³-hybridized carbons (Fsp3) is 0.318.